The van der Waals surface area contributed by atoms with Crippen molar-refractivity contribution in [1.82, 2.24) is 0 Å². The highest BCUT2D eigenvalue weighted by Gasteiger charge is 1.96. The molecule has 0 aromatic heterocycles. The fourth-order valence-electron chi connectivity index (χ4n) is 1.21. The largest absolute Gasteiger partial charge is 0.494 e. The summed E-state index contributed by atoms with van der Waals surface area (Å²) in [6, 6.07) is 8.19. The molecule has 0 aliphatic heterocycles. The maximum Gasteiger partial charge on any atom is 0.119 e. The van der Waals surface area contributed by atoms with Crippen LogP contribution in [0.5, 0.6) is 5.75 Å². The molecule has 0 bridgehead atoms. The van der Waals surface area contributed by atoms with Gasteiger partial charge in [0.1, 0.15) is 5.75 Å². The third kappa shape index (κ3) is 4.84. The van der Waals surface area contributed by atoms with Crippen LogP contribution >= 0.6 is 22.6 Å². The smallest absolute Gasteiger partial charge is 0.119 e. The molecule has 2 heteroatoms. The Morgan fingerprint density at radius 2 is 1.86 bits per heavy atom. The summed E-state index contributed by atoms with van der Waals surface area (Å²) in [5, 5.41) is 0. The summed E-state index contributed by atoms with van der Waals surface area (Å²) in [5.41, 5.74) is 0. The summed E-state index contributed by atoms with van der Waals surface area (Å²) in [7, 11) is 0. The van der Waals surface area contributed by atoms with Crippen molar-refractivity contribution in [2.45, 2.75) is 26.7 Å². The monoisotopic (exact) mass is 304 g/mol. The number of ether oxygens (including phenoxy) is 1. The zero-order valence-corrected chi connectivity index (χ0v) is 11.0. The molecule has 0 aliphatic carbocycles. The van der Waals surface area contributed by atoms with Gasteiger partial charge in [-0.25, -0.2) is 0 Å². The zero-order chi connectivity index (χ0) is 10.4. The van der Waals surface area contributed by atoms with E-state index in [9.17, 15) is 0 Å². The second-order valence-electron chi connectivity index (χ2n) is 3.84. The molecule has 0 amide bonds. The normalized spacial score (nSPS) is 10.6. The van der Waals surface area contributed by atoms with E-state index in [4.69, 9.17) is 4.74 Å². The van der Waals surface area contributed by atoms with Gasteiger partial charge in [0.25, 0.3) is 0 Å². The molecule has 0 atom stereocenters. The highest BCUT2D eigenvalue weighted by atomic mass is 127. The van der Waals surface area contributed by atoms with Gasteiger partial charge in [-0.15, -0.1) is 0 Å². The highest BCUT2D eigenvalue weighted by molar-refractivity contribution is 14.1. The van der Waals surface area contributed by atoms with E-state index in [1.165, 1.54) is 9.99 Å². The minimum absolute atomic E-state index is 0.773. The van der Waals surface area contributed by atoms with Gasteiger partial charge in [-0.3, -0.25) is 0 Å². The number of halogens is 1. The van der Waals surface area contributed by atoms with E-state index in [0.29, 0.717) is 0 Å². The van der Waals surface area contributed by atoms with Crippen molar-refractivity contribution in [2.75, 3.05) is 6.61 Å². The van der Waals surface area contributed by atoms with E-state index in [0.717, 1.165) is 24.7 Å². The fourth-order valence-corrected chi connectivity index (χ4v) is 1.57. The zero-order valence-electron chi connectivity index (χ0n) is 8.79. The van der Waals surface area contributed by atoms with Crippen LogP contribution in [0.1, 0.15) is 26.7 Å². The van der Waals surface area contributed by atoms with Crippen LogP contribution in [-0.4, -0.2) is 6.61 Å². The summed E-state index contributed by atoms with van der Waals surface area (Å²) in [4.78, 5) is 0. The molecule has 1 nitrogen and oxygen atoms in total. The van der Waals surface area contributed by atoms with Crippen LogP contribution in [0.2, 0.25) is 0 Å². The van der Waals surface area contributed by atoms with Crippen LogP contribution in [0.15, 0.2) is 24.3 Å². The molecule has 0 saturated carbocycles. The first-order chi connectivity index (χ1) is 6.68. The Labute approximate surface area is 100.0 Å². The van der Waals surface area contributed by atoms with Gasteiger partial charge < -0.3 is 4.74 Å². The molecule has 0 saturated heterocycles. The first-order valence-corrected chi connectivity index (χ1v) is 6.14. The van der Waals surface area contributed by atoms with E-state index < -0.39 is 0 Å². The van der Waals surface area contributed by atoms with Gasteiger partial charge >= 0.3 is 0 Å². The summed E-state index contributed by atoms with van der Waals surface area (Å²) < 4.78 is 6.86. The molecule has 0 radical (unpaired) electrons. The van der Waals surface area contributed by atoms with Crippen molar-refractivity contribution in [3.63, 3.8) is 0 Å². The van der Waals surface area contributed by atoms with Gasteiger partial charge in [-0.2, -0.15) is 0 Å². The highest BCUT2D eigenvalue weighted by Crippen LogP contribution is 2.14. The Morgan fingerprint density at radius 3 is 2.43 bits per heavy atom. The maximum absolute atomic E-state index is 5.61. The van der Waals surface area contributed by atoms with Gasteiger partial charge in [-0.1, -0.05) is 13.8 Å². The molecule has 1 aromatic carbocycles. The van der Waals surface area contributed by atoms with Crippen LogP contribution in [-0.2, 0) is 0 Å². The maximum atomic E-state index is 5.61. The van der Waals surface area contributed by atoms with Crippen LogP contribution in [0.3, 0.4) is 0 Å². The Balaban J connectivity index is 2.21. The van der Waals surface area contributed by atoms with Gasteiger partial charge in [0.15, 0.2) is 0 Å². The first kappa shape index (κ1) is 11.8. The number of hydrogen-bond acceptors (Lipinski definition) is 1. The lowest BCUT2D eigenvalue weighted by molar-refractivity contribution is 0.297. The summed E-state index contributed by atoms with van der Waals surface area (Å²) in [6.07, 6.45) is 2.38. The number of rotatable bonds is 5. The van der Waals surface area contributed by atoms with Crippen molar-refractivity contribution >= 4 is 22.6 Å². The molecule has 0 heterocycles. The molecule has 14 heavy (non-hydrogen) atoms. The molecule has 0 N–H and O–H groups in total. The standard InChI is InChI=1S/C12H17IO/c1-10(2)4-3-9-14-12-7-5-11(13)6-8-12/h5-8,10H,3-4,9H2,1-2H3. The lowest BCUT2D eigenvalue weighted by atomic mass is 10.1. The predicted octanol–water partition coefficient (Wildman–Crippen LogP) is 4.11. The van der Waals surface area contributed by atoms with Gasteiger partial charge in [0, 0.05) is 3.57 Å². The molecule has 0 aliphatic rings. The van der Waals surface area contributed by atoms with Crippen molar-refractivity contribution in [3.05, 3.63) is 27.8 Å². The molecule has 0 unspecified atom stereocenters. The van der Waals surface area contributed by atoms with E-state index >= 15 is 0 Å². The van der Waals surface area contributed by atoms with E-state index in [1.807, 2.05) is 12.1 Å². The Kier molecular flexibility index (Phi) is 5.30. The predicted molar refractivity (Wildman–Crippen MR) is 68.7 cm³/mol. The van der Waals surface area contributed by atoms with Gasteiger partial charge in [0.05, 0.1) is 6.61 Å². The summed E-state index contributed by atoms with van der Waals surface area (Å²) in [6.45, 7) is 5.31. The van der Waals surface area contributed by atoms with Crippen LogP contribution in [0.4, 0.5) is 0 Å². The second-order valence-corrected chi connectivity index (χ2v) is 5.08. The third-order valence-corrected chi connectivity index (χ3v) is 2.73. The third-order valence-electron chi connectivity index (χ3n) is 2.01. The van der Waals surface area contributed by atoms with Crippen LogP contribution in [0, 0.1) is 9.49 Å². The van der Waals surface area contributed by atoms with Crippen molar-refractivity contribution < 1.29 is 4.74 Å². The number of benzene rings is 1. The quantitative estimate of drug-likeness (QED) is 0.588. The fraction of sp³-hybridized carbons (Fsp3) is 0.500. The molecular formula is C12H17IO. The Bertz CT molecular complexity index is 254. The molecular weight excluding hydrogens is 287 g/mol. The SMILES string of the molecule is CC(C)CCCOc1ccc(I)cc1. The molecule has 1 aromatic rings. The second kappa shape index (κ2) is 6.27. The lowest BCUT2D eigenvalue weighted by Gasteiger charge is -2.07. The summed E-state index contributed by atoms with van der Waals surface area (Å²) >= 11 is 2.29. The number of hydrogen-bond donors (Lipinski definition) is 0. The van der Waals surface area contributed by atoms with E-state index in [1.54, 1.807) is 0 Å². The minimum Gasteiger partial charge on any atom is -0.494 e. The van der Waals surface area contributed by atoms with Crippen molar-refractivity contribution in [1.29, 1.82) is 0 Å². The van der Waals surface area contributed by atoms with Crippen molar-refractivity contribution in [2.24, 2.45) is 5.92 Å². The molecule has 78 valence electrons. The van der Waals surface area contributed by atoms with E-state index in [-0.39, 0.29) is 0 Å². The van der Waals surface area contributed by atoms with Crippen LogP contribution in [0.25, 0.3) is 0 Å². The molecule has 1 rings (SSSR count). The summed E-state index contributed by atoms with van der Waals surface area (Å²) in [5.74, 6) is 1.75. The molecule has 0 spiro atoms. The first-order valence-electron chi connectivity index (χ1n) is 5.07. The minimum atomic E-state index is 0.773. The van der Waals surface area contributed by atoms with Crippen LogP contribution < -0.4 is 4.74 Å². The topological polar surface area (TPSA) is 9.23 Å². The Morgan fingerprint density at radius 1 is 1.21 bits per heavy atom. The van der Waals surface area contributed by atoms with E-state index in [2.05, 4.69) is 48.6 Å². The van der Waals surface area contributed by atoms with Crippen molar-refractivity contribution in [3.8, 4) is 5.75 Å². The lowest BCUT2D eigenvalue weighted by Crippen LogP contribution is -1.99. The average molecular weight is 304 g/mol. The molecule has 0 fully saturated rings. The Hall–Kier alpha value is -0.250. The average Bonchev–Trinajstić information content (AvgIpc) is 2.15. The van der Waals surface area contributed by atoms with Gasteiger partial charge in [-0.05, 0) is 65.6 Å². The van der Waals surface area contributed by atoms with Gasteiger partial charge in [0.2, 0.25) is 0 Å².